The lowest BCUT2D eigenvalue weighted by Crippen LogP contribution is -2.31. The maximum atomic E-state index is 13.6. The second kappa shape index (κ2) is 7.07. The summed E-state index contributed by atoms with van der Waals surface area (Å²) in [6.07, 6.45) is 5.13. The van der Waals surface area contributed by atoms with Crippen molar-refractivity contribution >= 4 is 0 Å². The fourth-order valence-corrected chi connectivity index (χ4v) is 3.43. The van der Waals surface area contributed by atoms with Crippen LogP contribution in [-0.4, -0.2) is 13.7 Å². The van der Waals surface area contributed by atoms with Crippen LogP contribution < -0.4 is 10.1 Å². The van der Waals surface area contributed by atoms with Crippen LogP contribution in [0.3, 0.4) is 0 Å². The smallest absolute Gasteiger partial charge is 0.165 e. The number of hydrogen-bond donors (Lipinski definition) is 1. The minimum Gasteiger partial charge on any atom is -0.494 e. The molecule has 0 saturated heterocycles. The molecule has 3 unspecified atom stereocenters. The van der Waals surface area contributed by atoms with Crippen molar-refractivity contribution in [1.29, 1.82) is 0 Å². The van der Waals surface area contributed by atoms with Gasteiger partial charge in [-0.2, -0.15) is 0 Å². The Balaban J connectivity index is 2.23. The van der Waals surface area contributed by atoms with E-state index in [0.717, 1.165) is 18.0 Å². The Labute approximate surface area is 121 Å². The average Bonchev–Trinajstić information content (AvgIpc) is 2.45. The molecule has 0 bridgehead atoms. The Morgan fingerprint density at radius 3 is 2.85 bits per heavy atom. The maximum absolute atomic E-state index is 13.6. The Bertz CT molecular complexity index is 435. The molecule has 0 heterocycles. The molecule has 0 amide bonds. The fourth-order valence-electron chi connectivity index (χ4n) is 3.43. The van der Waals surface area contributed by atoms with Gasteiger partial charge < -0.3 is 10.1 Å². The summed E-state index contributed by atoms with van der Waals surface area (Å²) in [6, 6.07) is 5.56. The van der Waals surface area contributed by atoms with Gasteiger partial charge in [-0.05, 0) is 48.9 Å². The zero-order valence-corrected chi connectivity index (χ0v) is 12.8. The van der Waals surface area contributed by atoms with Crippen molar-refractivity contribution in [2.75, 3.05) is 13.7 Å². The molecule has 0 aliphatic heterocycles. The lowest BCUT2D eigenvalue weighted by molar-refractivity contribution is 0.225. The van der Waals surface area contributed by atoms with E-state index in [4.69, 9.17) is 4.74 Å². The molecular formula is C17H26FNO. The van der Waals surface area contributed by atoms with Crippen LogP contribution in [0.15, 0.2) is 18.2 Å². The van der Waals surface area contributed by atoms with Gasteiger partial charge in [0, 0.05) is 6.04 Å². The summed E-state index contributed by atoms with van der Waals surface area (Å²) in [5, 5.41) is 3.58. The highest BCUT2D eigenvalue weighted by molar-refractivity contribution is 5.32. The zero-order chi connectivity index (χ0) is 14.5. The summed E-state index contributed by atoms with van der Waals surface area (Å²) in [5.41, 5.74) is 1.14. The van der Waals surface area contributed by atoms with Crippen molar-refractivity contribution in [3.05, 3.63) is 29.6 Å². The van der Waals surface area contributed by atoms with Gasteiger partial charge in [-0.3, -0.25) is 0 Å². The molecular weight excluding hydrogens is 253 g/mol. The monoisotopic (exact) mass is 279 g/mol. The topological polar surface area (TPSA) is 21.3 Å². The van der Waals surface area contributed by atoms with E-state index >= 15 is 0 Å². The van der Waals surface area contributed by atoms with Gasteiger partial charge in [0.1, 0.15) is 0 Å². The lowest BCUT2D eigenvalue weighted by atomic mass is 9.76. The van der Waals surface area contributed by atoms with Gasteiger partial charge in [-0.15, -0.1) is 0 Å². The number of hydrogen-bond acceptors (Lipinski definition) is 2. The van der Waals surface area contributed by atoms with E-state index in [1.807, 2.05) is 12.1 Å². The molecule has 1 aromatic rings. The van der Waals surface area contributed by atoms with Gasteiger partial charge in [0.2, 0.25) is 0 Å². The molecule has 1 aliphatic rings. The van der Waals surface area contributed by atoms with Crippen LogP contribution in [0.25, 0.3) is 0 Å². The van der Waals surface area contributed by atoms with Crippen LogP contribution in [0.2, 0.25) is 0 Å². The summed E-state index contributed by atoms with van der Waals surface area (Å²) >= 11 is 0. The standard InChI is InChI=1S/C17H26FNO/c1-4-19-17(13-7-5-6-12(2)10-13)14-8-9-15(18)16(11-14)20-3/h8-9,11-13,17,19H,4-7,10H2,1-3H3. The summed E-state index contributed by atoms with van der Waals surface area (Å²) in [6.45, 7) is 5.38. The van der Waals surface area contributed by atoms with Crippen LogP contribution in [0.4, 0.5) is 4.39 Å². The number of halogens is 1. The van der Waals surface area contributed by atoms with Gasteiger partial charge in [-0.25, -0.2) is 4.39 Å². The van der Waals surface area contributed by atoms with Crippen LogP contribution in [-0.2, 0) is 0 Å². The first-order valence-corrected chi connectivity index (χ1v) is 7.72. The van der Waals surface area contributed by atoms with Crippen molar-refractivity contribution < 1.29 is 9.13 Å². The molecule has 1 aromatic carbocycles. The first kappa shape index (κ1) is 15.3. The van der Waals surface area contributed by atoms with Crippen molar-refractivity contribution in [3.63, 3.8) is 0 Å². The minimum atomic E-state index is -0.288. The number of rotatable bonds is 5. The van der Waals surface area contributed by atoms with E-state index in [-0.39, 0.29) is 5.82 Å². The Morgan fingerprint density at radius 2 is 2.20 bits per heavy atom. The largest absolute Gasteiger partial charge is 0.494 e. The van der Waals surface area contributed by atoms with E-state index in [0.29, 0.717) is 17.7 Å². The number of methoxy groups -OCH3 is 1. The number of benzene rings is 1. The van der Waals surface area contributed by atoms with E-state index in [1.165, 1.54) is 38.9 Å². The lowest BCUT2D eigenvalue weighted by Gasteiger charge is -2.34. The Morgan fingerprint density at radius 1 is 1.40 bits per heavy atom. The SMILES string of the molecule is CCNC(c1ccc(F)c(OC)c1)C1CCCC(C)C1. The molecule has 3 atom stereocenters. The van der Waals surface area contributed by atoms with E-state index in [9.17, 15) is 4.39 Å². The van der Waals surface area contributed by atoms with Gasteiger partial charge >= 0.3 is 0 Å². The van der Waals surface area contributed by atoms with Crippen LogP contribution >= 0.6 is 0 Å². The van der Waals surface area contributed by atoms with Gasteiger partial charge in [0.05, 0.1) is 7.11 Å². The summed E-state index contributed by atoms with van der Waals surface area (Å²) in [5.74, 6) is 1.48. The Hall–Kier alpha value is -1.09. The number of nitrogens with one attached hydrogen (secondary N) is 1. The molecule has 0 spiro atoms. The van der Waals surface area contributed by atoms with Crippen LogP contribution in [0.1, 0.15) is 51.1 Å². The highest BCUT2D eigenvalue weighted by Gasteiger charge is 2.27. The first-order valence-electron chi connectivity index (χ1n) is 7.72. The normalized spacial score (nSPS) is 24.4. The quantitative estimate of drug-likeness (QED) is 0.867. The minimum absolute atomic E-state index is 0.288. The Kier molecular flexibility index (Phi) is 5.41. The first-order chi connectivity index (χ1) is 9.65. The third kappa shape index (κ3) is 3.51. The molecule has 2 rings (SSSR count). The van der Waals surface area contributed by atoms with Crippen LogP contribution in [0.5, 0.6) is 5.75 Å². The van der Waals surface area contributed by atoms with Crippen LogP contribution in [0, 0.1) is 17.7 Å². The van der Waals surface area contributed by atoms with Gasteiger partial charge in [0.15, 0.2) is 11.6 Å². The van der Waals surface area contributed by atoms with E-state index in [1.54, 1.807) is 0 Å². The van der Waals surface area contributed by atoms with Crippen molar-refractivity contribution in [2.45, 2.75) is 45.6 Å². The molecule has 1 aliphatic carbocycles. The molecule has 1 fully saturated rings. The van der Waals surface area contributed by atoms with Gasteiger partial charge in [0.25, 0.3) is 0 Å². The van der Waals surface area contributed by atoms with E-state index in [2.05, 4.69) is 19.2 Å². The van der Waals surface area contributed by atoms with Gasteiger partial charge in [-0.1, -0.05) is 32.8 Å². The molecule has 1 saturated carbocycles. The maximum Gasteiger partial charge on any atom is 0.165 e. The highest BCUT2D eigenvalue weighted by Crippen LogP contribution is 2.38. The second-order valence-corrected chi connectivity index (χ2v) is 5.96. The van der Waals surface area contributed by atoms with E-state index < -0.39 is 0 Å². The van der Waals surface area contributed by atoms with Crippen molar-refractivity contribution in [2.24, 2.45) is 11.8 Å². The average molecular weight is 279 g/mol. The third-order valence-corrected chi connectivity index (χ3v) is 4.41. The predicted molar refractivity (Wildman–Crippen MR) is 80.5 cm³/mol. The second-order valence-electron chi connectivity index (χ2n) is 5.96. The zero-order valence-electron chi connectivity index (χ0n) is 12.8. The molecule has 112 valence electrons. The molecule has 1 N–H and O–H groups in total. The summed E-state index contributed by atoms with van der Waals surface area (Å²) < 4.78 is 18.7. The van der Waals surface area contributed by atoms with Crippen molar-refractivity contribution in [1.82, 2.24) is 5.32 Å². The summed E-state index contributed by atoms with van der Waals surface area (Å²) in [4.78, 5) is 0. The molecule has 0 aromatic heterocycles. The van der Waals surface area contributed by atoms with Crippen molar-refractivity contribution in [3.8, 4) is 5.75 Å². The third-order valence-electron chi connectivity index (χ3n) is 4.41. The molecule has 0 radical (unpaired) electrons. The molecule has 3 heteroatoms. The fraction of sp³-hybridized carbons (Fsp3) is 0.647. The summed E-state index contributed by atoms with van der Waals surface area (Å²) in [7, 11) is 1.52. The predicted octanol–water partition coefficient (Wildman–Crippen LogP) is 4.31. The number of ether oxygens (including phenoxy) is 1. The molecule has 20 heavy (non-hydrogen) atoms. The molecule has 2 nitrogen and oxygen atoms in total. The highest BCUT2D eigenvalue weighted by atomic mass is 19.1.